The molecule has 1 heterocycles. The normalized spacial score (nSPS) is 18.1. The molecule has 0 aromatic carbocycles. The first-order chi connectivity index (χ1) is 9.11. The Morgan fingerprint density at radius 3 is 2.32 bits per heavy atom. The molecule has 108 valence electrons. The van der Waals surface area contributed by atoms with E-state index >= 15 is 0 Å². The topological polar surface area (TPSA) is 44.1 Å². The van der Waals surface area contributed by atoms with Crippen molar-refractivity contribution in [2.75, 3.05) is 13.1 Å². The van der Waals surface area contributed by atoms with Crippen LogP contribution in [-0.4, -0.2) is 23.9 Å². The van der Waals surface area contributed by atoms with E-state index in [-0.39, 0.29) is 11.3 Å². The lowest BCUT2D eigenvalue weighted by Crippen LogP contribution is -2.41. The first-order valence-electron chi connectivity index (χ1n) is 7.80. The van der Waals surface area contributed by atoms with Crippen LogP contribution in [0.5, 0.6) is 0 Å². The number of carbonyl (C=O) groups excluding carboxylic acids is 1. The third-order valence-electron chi connectivity index (χ3n) is 4.23. The predicted octanol–water partition coefficient (Wildman–Crippen LogP) is 3.89. The second-order valence-corrected chi connectivity index (χ2v) is 6.07. The number of rotatable bonds is 7. The highest BCUT2D eigenvalue weighted by atomic mass is 16.2. The quantitative estimate of drug-likeness (QED) is 0.655. The molecule has 0 aromatic heterocycles. The Morgan fingerprint density at radius 2 is 1.74 bits per heavy atom. The van der Waals surface area contributed by atoms with Crippen LogP contribution in [0.2, 0.25) is 0 Å². The van der Waals surface area contributed by atoms with Crippen molar-refractivity contribution in [1.82, 2.24) is 4.90 Å². The molecule has 0 spiro atoms. The summed E-state index contributed by atoms with van der Waals surface area (Å²) in [4.78, 5) is 14.0. The number of piperidine rings is 1. The minimum atomic E-state index is -0.211. The van der Waals surface area contributed by atoms with E-state index in [9.17, 15) is 4.79 Å². The van der Waals surface area contributed by atoms with Crippen LogP contribution >= 0.6 is 0 Å². The Hall–Kier alpha value is -1.04. The Bertz CT molecular complexity index is 311. The van der Waals surface area contributed by atoms with Crippen molar-refractivity contribution in [2.45, 2.75) is 71.6 Å². The standard InChI is InChI=1S/C16H28N2O/c1-3-4-5-6-7-8-9-15(19)18-12-10-16(2,14-17)11-13-18/h3-13H2,1-2H3. The van der Waals surface area contributed by atoms with Crippen molar-refractivity contribution in [3.8, 4) is 6.07 Å². The van der Waals surface area contributed by atoms with Crippen LogP contribution in [0, 0.1) is 16.7 Å². The van der Waals surface area contributed by atoms with Crippen molar-refractivity contribution in [2.24, 2.45) is 5.41 Å². The maximum atomic E-state index is 12.0. The van der Waals surface area contributed by atoms with Crippen molar-refractivity contribution >= 4 is 5.91 Å². The van der Waals surface area contributed by atoms with Gasteiger partial charge in [0.2, 0.25) is 5.91 Å². The number of nitrogens with zero attached hydrogens (tertiary/aromatic N) is 2. The fraction of sp³-hybridized carbons (Fsp3) is 0.875. The average Bonchev–Trinajstić information content (AvgIpc) is 2.43. The second-order valence-electron chi connectivity index (χ2n) is 6.07. The summed E-state index contributed by atoms with van der Waals surface area (Å²) in [5.74, 6) is 0.287. The van der Waals surface area contributed by atoms with E-state index in [4.69, 9.17) is 5.26 Å². The van der Waals surface area contributed by atoms with Gasteiger partial charge in [-0.2, -0.15) is 5.26 Å². The fourth-order valence-electron chi connectivity index (χ4n) is 2.58. The van der Waals surface area contributed by atoms with E-state index in [1.807, 2.05) is 11.8 Å². The molecular formula is C16H28N2O. The molecule has 3 heteroatoms. The molecule has 0 bridgehead atoms. The Balaban J connectivity index is 2.13. The highest BCUT2D eigenvalue weighted by Gasteiger charge is 2.31. The lowest BCUT2D eigenvalue weighted by molar-refractivity contribution is -0.133. The van der Waals surface area contributed by atoms with Gasteiger partial charge in [-0.3, -0.25) is 4.79 Å². The van der Waals surface area contributed by atoms with Crippen molar-refractivity contribution in [3.63, 3.8) is 0 Å². The number of hydrogen-bond acceptors (Lipinski definition) is 2. The molecular weight excluding hydrogens is 236 g/mol. The minimum Gasteiger partial charge on any atom is -0.343 e. The zero-order valence-electron chi connectivity index (χ0n) is 12.6. The molecule has 1 rings (SSSR count). The van der Waals surface area contributed by atoms with Crippen molar-refractivity contribution in [1.29, 1.82) is 5.26 Å². The van der Waals surface area contributed by atoms with Gasteiger partial charge < -0.3 is 4.90 Å². The summed E-state index contributed by atoms with van der Waals surface area (Å²) >= 11 is 0. The minimum absolute atomic E-state index is 0.211. The van der Waals surface area contributed by atoms with E-state index < -0.39 is 0 Å². The van der Waals surface area contributed by atoms with Crippen LogP contribution in [-0.2, 0) is 4.79 Å². The van der Waals surface area contributed by atoms with Crippen molar-refractivity contribution < 1.29 is 4.79 Å². The molecule has 0 unspecified atom stereocenters. The third-order valence-corrected chi connectivity index (χ3v) is 4.23. The van der Waals surface area contributed by atoms with Gasteiger partial charge in [0.25, 0.3) is 0 Å². The maximum absolute atomic E-state index is 12.0. The van der Waals surface area contributed by atoms with Gasteiger partial charge in [-0.15, -0.1) is 0 Å². The molecule has 1 aliphatic rings. The largest absolute Gasteiger partial charge is 0.343 e. The molecule has 0 aliphatic carbocycles. The third kappa shape index (κ3) is 5.63. The first kappa shape index (κ1) is 16.0. The number of likely N-dealkylation sites (tertiary alicyclic amines) is 1. The predicted molar refractivity (Wildman–Crippen MR) is 77.5 cm³/mol. The highest BCUT2D eigenvalue weighted by molar-refractivity contribution is 5.76. The number of carbonyl (C=O) groups is 1. The highest BCUT2D eigenvalue weighted by Crippen LogP contribution is 2.30. The van der Waals surface area contributed by atoms with Gasteiger partial charge >= 0.3 is 0 Å². The molecule has 19 heavy (non-hydrogen) atoms. The van der Waals surface area contributed by atoms with Crippen LogP contribution in [0.25, 0.3) is 0 Å². The van der Waals surface area contributed by atoms with Crippen LogP contribution in [0.3, 0.4) is 0 Å². The summed E-state index contributed by atoms with van der Waals surface area (Å²) < 4.78 is 0. The SMILES string of the molecule is CCCCCCCCC(=O)N1CCC(C)(C#N)CC1. The van der Waals surface area contributed by atoms with E-state index in [1.165, 1.54) is 32.1 Å². The summed E-state index contributed by atoms with van der Waals surface area (Å²) in [6, 6.07) is 2.37. The summed E-state index contributed by atoms with van der Waals surface area (Å²) in [5, 5.41) is 9.07. The Morgan fingerprint density at radius 1 is 1.16 bits per heavy atom. The maximum Gasteiger partial charge on any atom is 0.222 e. The summed E-state index contributed by atoms with van der Waals surface area (Å²) in [5.41, 5.74) is -0.211. The molecule has 1 saturated heterocycles. The summed E-state index contributed by atoms with van der Waals surface area (Å²) in [6.07, 6.45) is 9.68. The van der Waals surface area contributed by atoms with Crippen LogP contribution < -0.4 is 0 Å². The smallest absolute Gasteiger partial charge is 0.222 e. The zero-order valence-corrected chi connectivity index (χ0v) is 12.6. The molecule has 0 N–H and O–H groups in total. The van der Waals surface area contributed by atoms with E-state index in [0.29, 0.717) is 6.42 Å². The Kier molecular flexibility index (Phi) is 6.91. The average molecular weight is 264 g/mol. The van der Waals surface area contributed by atoms with Gasteiger partial charge in [-0.25, -0.2) is 0 Å². The van der Waals surface area contributed by atoms with Crippen LogP contribution in [0.4, 0.5) is 0 Å². The molecule has 1 fully saturated rings. The summed E-state index contributed by atoms with van der Waals surface area (Å²) in [7, 11) is 0. The van der Waals surface area contributed by atoms with E-state index in [2.05, 4.69) is 13.0 Å². The van der Waals surface area contributed by atoms with E-state index in [0.717, 1.165) is 32.4 Å². The molecule has 3 nitrogen and oxygen atoms in total. The molecule has 0 aromatic rings. The first-order valence-corrected chi connectivity index (χ1v) is 7.80. The van der Waals surface area contributed by atoms with Gasteiger partial charge in [-0.05, 0) is 26.2 Å². The number of amides is 1. The summed E-state index contributed by atoms with van der Waals surface area (Å²) in [6.45, 7) is 5.74. The van der Waals surface area contributed by atoms with Crippen LogP contribution in [0.15, 0.2) is 0 Å². The number of nitriles is 1. The van der Waals surface area contributed by atoms with Gasteiger partial charge in [0.05, 0.1) is 11.5 Å². The lowest BCUT2D eigenvalue weighted by Gasteiger charge is -2.35. The van der Waals surface area contributed by atoms with E-state index in [1.54, 1.807) is 0 Å². The monoisotopic (exact) mass is 264 g/mol. The molecule has 0 radical (unpaired) electrons. The second kappa shape index (κ2) is 8.19. The number of unbranched alkanes of at least 4 members (excludes halogenated alkanes) is 5. The fourth-order valence-corrected chi connectivity index (χ4v) is 2.58. The number of hydrogen-bond donors (Lipinski definition) is 0. The van der Waals surface area contributed by atoms with Crippen molar-refractivity contribution in [3.05, 3.63) is 0 Å². The van der Waals surface area contributed by atoms with Gasteiger partial charge in [0.1, 0.15) is 0 Å². The lowest BCUT2D eigenvalue weighted by atomic mass is 9.82. The van der Waals surface area contributed by atoms with Gasteiger partial charge in [-0.1, -0.05) is 39.0 Å². The zero-order chi connectivity index (χ0) is 14.1. The molecule has 0 atom stereocenters. The van der Waals surface area contributed by atoms with Gasteiger partial charge in [0.15, 0.2) is 0 Å². The van der Waals surface area contributed by atoms with Gasteiger partial charge in [0, 0.05) is 19.5 Å². The Labute approximate surface area is 118 Å². The molecule has 1 amide bonds. The molecule has 0 saturated carbocycles. The van der Waals surface area contributed by atoms with Crippen LogP contribution in [0.1, 0.15) is 71.6 Å². The molecule has 1 aliphatic heterocycles.